The van der Waals surface area contributed by atoms with Gasteiger partial charge in [0.1, 0.15) is 0 Å². The van der Waals surface area contributed by atoms with E-state index in [9.17, 15) is 0 Å². The van der Waals surface area contributed by atoms with Crippen molar-refractivity contribution < 1.29 is 4.52 Å². The lowest BCUT2D eigenvalue weighted by atomic mass is 10.3. The first kappa shape index (κ1) is 14.6. The summed E-state index contributed by atoms with van der Waals surface area (Å²) in [5.41, 5.74) is 0. The van der Waals surface area contributed by atoms with Crippen molar-refractivity contribution in [3.63, 3.8) is 0 Å². The third-order valence-corrected chi connectivity index (χ3v) is 4.56. The molecule has 0 N–H and O–H groups in total. The van der Waals surface area contributed by atoms with Crippen molar-refractivity contribution in [1.29, 1.82) is 0 Å². The lowest BCUT2D eigenvalue weighted by Gasteiger charge is -2.20. The minimum absolute atomic E-state index is 0.641. The van der Waals surface area contributed by atoms with Crippen LogP contribution in [0.3, 0.4) is 0 Å². The highest BCUT2D eigenvalue weighted by molar-refractivity contribution is 7.11. The second-order valence-electron chi connectivity index (χ2n) is 5.48. The van der Waals surface area contributed by atoms with Gasteiger partial charge in [-0.05, 0) is 26.4 Å². The molecule has 1 fully saturated rings. The Hall–Kier alpha value is -1.31. The van der Waals surface area contributed by atoms with Crippen molar-refractivity contribution in [3.05, 3.63) is 27.8 Å². The van der Waals surface area contributed by atoms with Crippen LogP contribution in [0.5, 0.6) is 0 Å². The van der Waals surface area contributed by atoms with Gasteiger partial charge in [0, 0.05) is 37.6 Å². The van der Waals surface area contributed by atoms with Crippen LogP contribution in [0.2, 0.25) is 0 Å². The molecular weight excluding hydrogens is 286 g/mol. The fraction of sp³-hybridized carbons (Fsp3) is 0.643. The summed E-state index contributed by atoms with van der Waals surface area (Å²) in [6.45, 7) is 10.0. The number of rotatable bonds is 4. The topological polar surface area (TPSA) is 58.3 Å². The first-order valence-electron chi connectivity index (χ1n) is 7.34. The molecule has 0 amide bonds. The predicted octanol–water partition coefficient (Wildman–Crippen LogP) is 1.85. The van der Waals surface area contributed by atoms with E-state index in [0.717, 1.165) is 50.1 Å². The highest BCUT2D eigenvalue weighted by Crippen LogP contribution is 2.16. The average molecular weight is 307 g/mol. The highest BCUT2D eigenvalue weighted by atomic mass is 32.1. The molecule has 1 saturated heterocycles. The van der Waals surface area contributed by atoms with Crippen LogP contribution < -0.4 is 0 Å². The predicted molar refractivity (Wildman–Crippen MR) is 81.1 cm³/mol. The molecule has 0 aromatic carbocycles. The van der Waals surface area contributed by atoms with Crippen LogP contribution >= 0.6 is 11.3 Å². The Bertz CT molecular complexity index is 531. The van der Waals surface area contributed by atoms with E-state index in [4.69, 9.17) is 4.52 Å². The Morgan fingerprint density at radius 2 is 1.90 bits per heavy atom. The molecule has 6 nitrogen and oxygen atoms in total. The van der Waals surface area contributed by atoms with Crippen molar-refractivity contribution in [2.75, 3.05) is 26.2 Å². The van der Waals surface area contributed by atoms with Crippen molar-refractivity contribution >= 4 is 11.3 Å². The van der Waals surface area contributed by atoms with Gasteiger partial charge in [-0.2, -0.15) is 4.98 Å². The van der Waals surface area contributed by atoms with Crippen LogP contribution in [0, 0.1) is 13.8 Å². The zero-order valence-corrected chi connectivity index (χ0v) is 13.4. The van der Waals surface area contributed by atoms with Gasteiger partial charge in [0.2, 0.25) is 5.89 Å². The third kappa shape index (κ3) is 4.09. The normalized spacial score (nSPS) is 18.0. The van der Waals surface area contributed by atoms with E-state index in [1.165, 1.54) is 11.3 Å². The highest BCUT2D eigenvalue weighted by Gasteiger charge is 2.17. The fourth-order valence-electron chi connectivity index (χ4n) is 2.64. The molecule has 1 aliphatic rings. The van der Waals surface area contributed by atoms with E-state index in [1.807, 2.05) is 13.1 Å². The molecule has 0 aliphatic carbocycles. The maximum absolute atomic E-state index is 5.04. The molecule has 0 radical (unpaired) electrons. The Morgan fingerprint density at radius 1 is 1.14 bits per heavy atom. The van der Waals surface area contributed by atoms with Crippen LogP contribution in [0.4, 0.5) is 0 Å². The zero-order chi connectivity index (χ0) is 14.7. The number of nitrogens with zero attached hydrogens (tertiary/aromatic N) is 5. The molecule has 7 heteroatoms. The quantitative estimate of drug-likeness (QED) is 0.859. The Balaban J connectivity index is 1.51. The second kappa shape index (κ2) is 6.64. The summed E-state index contributed by atoms with van der Waals surface area (Å²) in [6.07, 6.45) is 3.18. The van der Waals surface area contributed by atoms with Gasteiger partial charge in [0.05, 0.1) is 11.6 Å². The molecular formula is C14H21N5OS. The largest absolute Gasteiger partial charge is 0.340 e. The summed E-state index contributed by atoms with van der Waals surface area (Å²) in [5, 5.41) is 5.13. The van der Waals surface area contributed by atoms with Crippen molar-refractivity contribution in [2.24, 2.45) is 0 Å². The number of thiazole rings is 1. The Labute approximate surface area is 128 Å². The first-order chi connectivity index (χ1) is 10.2. The lowest BCUT2D eigenvalue weighted by Crippen LogP contribution is -2.30. The minimum Gasteiger partial charge on any atom is -0.340 e. The van der Waals surface area contributed by atoms with E-state index in [2.05, 4.69) is 31.8 Å². The van der Waals surface area contributed by atoms with E-state index < -0.39 is 0 Å². The monoisotopic (exact) mass is 307 g/mol. The van der Waals surface area contributed by atoms with E-state index in [-0.39, 0.29) is 0 Å². The van der Waals surface area contributed by atoms with Gasteiger partial charge in [-0.15, -0.1) is 11.3 Å². The van der Waals surface area contributed by atoms with E-state index in [1.54, 1.807) is 11.3 Å². The van der Waals surface area contributed by atoms with Gasteiger partial charge >= 0.3 is 0 Å². The molecule has 1 aliphatic heterocycles. The second-order valence-corrected chi connectivity index (χ2v) is 6.80. The summed E-state index contributed by atoms with van der Waals surface area (Å²) in [6, 6.07) is 0. The molecule has 2 aromatic rings. The summed E-state index contributed by atoms with van der Waals surface area (Å²) in [4.78, 5) is 14.9. The van der Waals surface area contributed by atoms with Crippen LogP contribution in [0.1, 0.15) is 28.0 Å². The molecule has 0 spiro atoms. The van der Waals surface area contributed by atoms with Crippen LogP contribution in [0.15, 0.2) is 10.7 Å². The number of hydrogen-bond acceptors (Lipinski definition) is 7. The summed E-state index contributed by atoms with van der Waals surface area (Å²) >= 11 is 1.80. The number of aryl methyl sites for hydroxylation is 2. The smallest absolute Gasteiger partial charge is 0.223 e. The maximum atomic E-state index is 5.04. The molecule has 114 valence electrons. The molecule has 21 heavy (non-hydrogen) atoms. The molecule has 3 rings (SSSR count). The van der Waals surface area contributed by atoms with Gasteiger partial charge in [-0.3, -0.25) is 9.80 Å². The fourth-order valence-corrected chi connectivity index (χ4v) is 3.48. The van der Waals surface area contributed by atoms with E-state index in [0.29, 0.717) is 5.89 Å². The molecule has 0 atom stereocenters. The van der Waals surface area contributed by atoms with Gasteiger partial charge in [0.15, 0.2) is 5.82 Å². The third-order valence-electron chi connectivity index (χ3n) is 3.66. The van der Waals surface area contributed by atoms with Crippen LogP contribution in [-0.2, 0) is 13.1 Å². The summed E-state index contributed by atoms with van der Waals surface area (Å²) in [7, 11) is 0. The van der Waals surface area contributed by atoms with Crippen molar-refractivity contribution in [1.82, 2.24) is 24.9 Å². The van der Waals surface area contributed by atoms with Gasteiger partial charge in [-0.25, -0.2) is 4.98 Å². The lowest BCUT2D eigenvalue weighted by molar-refractivity contribution is 0.242. The van der Waals surface area contributed by atoms with Crippen molar-refractivity contribution in [3.8, 4) is 0 Å². The Morgan fingerprint density at radius 3 is 2.52 bits per heavy atom. The van der Waals surface area contributed by atoms with E-state index >= 15 is 0 Å². The molecule has 2 aromatic heterocycles. The van der Waals surface area contributed by atoms with Gasteiger partial charge < -0.3 is 4.52 Å². The maximum Gasteiger partial charge on any atom is 0.223 e. The summed E-state index contributed by atoms with van der Waals surface area (Å²) < 4.78 is 5.04. The SMILES string of the molecule is Cc1nc(CN2CCCN(Cc3cnc(C)s3)CC2)no1. The van der Waals surface area contributed by atoms with Crippen molar-refractivity contribution in [2.45, 2.75) is 33.4 Å². The molecule has 0 bridgehead atoms. The van der Waals surface area contributed by atoms with Gasteiger partial charge in [-0.1, -0.05) is 5.16 Å². The van der Waals surface area contributed by atoms with Crippen LogP contribution in [0.25, 0.3) is 0 Å². The van der Waals surface area contributed by atoms with Gasteiger partial charge in [0.25, 0.3) is 0 Å². The number of hydrogen-bond donors (Lipinski definition) is 0. The Kier molecular flexibility index (Phi) is 4.62. The summed E-state index contributed by atoms with van der Waals surface area (Å²) in [5.74, 6) is 1.43. The molecule has 0 saturated carbocycles. The minimum atomic E-state index is 0.641. The first-order valence-corrected chi connectivity index (χ1v) is 8.16. The molecule has 0 unspecified atom stereocenters. The van der Waals surface area contributed by atoms with Crippen LogP contribution in [-0.4, -0.2) is 51.1 Å². The standard InChI is InChI=1S/C14H21N5OS/c1-11-16-14(17-20-11)10-19-5-3-4-18(6-7-19)9-13-8-15-12(2)21-13/h8H,3-7,9-10H2,1-2H3. The molecule has 3 heterocycles. The zero-order valence-electron chi connectivity index (χ0n) is 12.6. The number of aromatic nitrogens is 3. The average Bonchev–Trinajstić information content (AvgIpc) is 2.96.